The normalized spacial score (nSPS) is 11.0. The predicted octanol–water partition coefficient (Wildman–Crippen LogP) is 6.69. The van der Waals surface area contributed by atoms with Gasteiger partial charge < -0.3 is 30.0 Å². The number of para-hydroxylation sites is 1. The van der Waals surface area contributed by atoms with Gasteiger partial charge in [0, 0.05) is 30.0 Å². The van der Waals surface area contributed by atoms with Gasteiger partial charge in [-0.2, -0.15) is 4.98 Å². The third-order valence-corrected chi connectivity index (χ3v) is 7.03. The monoisotopic (exact) mass is 579 g/mol. The average molecular weight is 580 g/mol. The first-order valence-corrected chi connectivity index (χ1v) is 14.6. The van der Waals surface area contributed by atoms with Gasteiger partial charge in [-0.1, -0.05) is 44.2 Å². The largest absolute Gasteiger partial charge is 0.494 e. The second-order valence-corrected chi connectivity index (χ2v) is 9.97. The molecular formula is C33H37N7O3. The number of amides is 2. The highest BCUT2D eigenvalue weighted by molar-refractivity contribution is 5.99. The van der Waals surface area contributed by atoms with Gasteiger partial charge in [0.15, 0.2) is 11.3 Å². The molecule has 3 N–H and O–H groups in total. The van der Waals surface area contributed by atoms with E-state index in [0.29, 0.717) is 41.8 Å². The van der Waals surface area contributed by atoms with Gasteiger partial charge in [-0.3, -0.25) is 0 Å². The summed E-state index contributed by atoms with van der Waals surface area (Å²) in [7, 11) is 0. The minimum absolute atomic E-state index is 0.286. The van der Waals surface area contributed by atoms with Crippen molar-refractivity contribution in [3.05, 3.63) is 90.8 Å². The molecule has 5 aromatic rings. The highest BCUT2D eigenvalue weighted by Gasteiger charge is 2.14. The zero-order valence-electron chi connectivity index (χ0n) is 24.5. The van der Waals surface area contributed by atoms with Gasteiger partial charge in [-0.05, 0) is 80.0 Å². The van der Waals surface area contributed by atoms with Gasteiger partial charge in [-0.15, -0.1) is 0 Å². The molecule has 2 amide bonds. The number of carbonyl (C=O) groups is 1. The summed E-state index contributed by atoms with van der Waals surface area (Å²) in [4.78, 5) is 27.9. The fourth-order valence-electron chi connectivity index (χ4n) is 4.61. The Hall–Kier alpha value is -4.96. The van der Waals surface area contributed by atoms with Gasteiger partial charge >= 0.3 is 6.03 Å². The Morgan fingerprint density at radius 2 is 1.60 bits per heavy atom. The number of nitrogens with one attached hydrogen (secondary N) is 3. The second kappa shape index (κ2) is 14.8. The summed E-state index contributed by atoms with van der Waals surface area (Å²) in [5, 5.41) is 9.01. The second-order valence-electron chi connectivity index (χ2n) is 9.97. The number of hydrogen-bond donors (Lipinski definition) is 3. The van der Waals surface area contributed by atoms with Gasteiger partial charge in [0.1, 0.15) is 12.1 Å². The van der Waals surface area contributed by atoms with Crippen molar-refractivity contribution in [3.8, 4) is 17.2 Å². The number of benzene rings is 3. The van der Waals surface area contributed by atoms with Crippen LogP contribution in [0.25, 0.3) is 22.7 Å². The summed E-state index contributed by atoms with van der Waals surface area (Å²) < 4.78 is 11.9. The lowest BCUT2D eigenvalue weighted by Gasteiger charge is -2.17. The number of ether oxygens (including phenoxy) is 1. The Morgan fingerprint density at radius 1 is 0.884 bits per heavy atom. The molecule has 3 aromatic carbocycles. The fraction of sp³-hybridized carbons (Fsp3) is 0.273. The van der Waals surface area contributed by atoms with E-state index in [1.807, 2.05) is 78.9 Å². The molecular weight excluding hydrogens is 542 g/mol. The van der Waals surface area contributed by atoms with E-state index >= 15 is 0 Å². The number of hydrogen-bond acceptors (Lipinski definition) is 8. The van der Waals surface area contributed by atoms with Gasteiger partial charge in [0.2, 0.25) is 5.89 Å². The molecule has 0 bridgehead atoms. The maximum absolute atomic E-state index is 12.2. The van der Waals surface area contributed by atoms with E-state index in [1.54, 1.807) is 0 Å². The van der Waals surface area contributed by atoms with E-state index in [2.05, 4.69) is 49.6 Å². The van der Waals surface area contributed by atoms with Crippen molar-refractivity contribution in [3.63, 3.8) is 0 Å². The van der Waals surface area contributed by atoms with Crippen molar-refractivity contribution in [2.75, 3.05) is 48.7 Å². The van der Waals surface area contributed by atoms with Crippen molar-refractivity contribution in [1.29, 1.82) is 0 Å². The molecule has 0 aliphatic rings. The van der Waals surface area contributed by atoms with Crippen molar-refractivity contribution in [2.45, 2.75) is 26.7 Å². The first-order chi connectivity index (χ1) is 21.1. The standard InChI is InChI=1S/C33H37N7O3/c1-3-40(4-2)21-8-22-42-28-17-13-25(14-18-28)31-39-29-30(35-23-36-32(29)43-31)34-20-19-24-11-15-27(16-12-24)38-33(41)37-26-9-6-5-7-10-26/h5-7,9-18,23H,3-4,8,19-22H2,1-2H3,(H,34,35,36)(H2,37,38,41). The lowest BCUT2D eigenvalue weighted by molar-refractivity contribution is 0.249. The summed E-state index contributed by atoms with van der Waals surface area (Å²) in [5.74, 6) is 1.91. The predicted molar refractivity (Wildman–Crippen MR) is 171 cm³/mol. The maximum Gasteiger partial charge on any atom is 0.323 e. The summed E-state index contributed by atoms with van der Waals surface area (Å²) in [6, 6.07) is 24.5. The van der Waals surface area contributed by atoms with Gasteiger partial charge in [0.05, 0.1) is 6.61 Å². The molecule has 222 valence electrons. The fourth-order valence-corrected chi connectivity index (χ4v) is 4.61. The Labute approximate surface area is 251 Å². The minimum atomic E-state index is -0.286. The Morgan fingerprint density at radius 3 is 2.33 bits per heavy atom. The van der Waals surface area contributed by atoms with E-state index in [9.17, 15) is 4.79 Å². The lowest BCUT2D eigenvalue weighted by Crippen LogP contribution is -2.25. The molecule has 0 spiro atoms. The molecule has 10 heteroatoms. The van der Waals surface area contributed by atoms with E-state index in [1.165, 1.54) is 6.33 Å². The number of nitrogens with zero attached hydrogens (tertiary/aromatic N) is 4. The molecule has 2 aromatic heterocycles. The summed E-state index contributed by atoms with van der Waals surface area (Å²) in [6.45, 7) is 8.81. The van der Waals surface area contributed by atoms with E-state index in [4.69, 9.17) is 9.15 Å². The zero-order chi connectivity index (χ0) is 29.9. The Bertz CT molecular complexity index is 1590. The highest BCUT2D eigenvalue weighted by atomic mass is 16.5. The number of fused-ring (bicyclic) bond motifs is 1. The average Bonchev–Trinajstić information content (AvgIpc) is 3.48. The topological polar surface area (TPSA) is 117 Å². The molecule has 0 aliphatic carbocycles. The first-order valence-electron chi connectivity index (χ1n) is 14.6. The number of aromatic nitrogens is 3. The van der Waals surface area contributed by atoms with Crippen LogP contribution in [0.1, 0.15) is 25.8 Å². The number of carbonyl (C=O) groups excluding carboxylic acids is 1. The van der Waals surface area contributed by atoms with Crippen LogP contribution in [0.15, 0.2) is 89.6 Å². The summed E-state index contributed by atoms with van der Waals surface area (Å²) >= 11 is 0. The molecule has 10 nitrogen and oxygen atoms in total. The van der Waals surface area contributed by atoms with Crippen molar-refractivity contribution < 1.29 is 13.9 Å². The Kier molecular flexibility index (Phi) is 10.2. The third kappa shape index (κ3) is 8.30. The molecule has 0 unspecified atom stereocenters. The number of rotatable bonds is 14. The molecule has 0 radical (unpaired) electrons. The van der Waals surface area contributed by atoms with Gasteiger partial charge in [0.25, 0.3) is 5.71 Å². The quantitative estimate of drug-likeness (QED) is 0.125. The van der Waals surface area contributed by atoms with E-state index in [0.717, 1.165) is 55.0 Å². The number of oxazole rings is 1. The number of urea groups is 1. The van der Waals surface area contributed by atoms with Crippen LogP contribution < -0.4 is 20.7 Å². The van der Waals surface area contributed by atoms with Crippen LogP contribution in [0.2, 0.25) is 0 Å². The van der Waals surface area contributed by atoms with Gasteiger partial charge in [-0.25, -0.2) is 14.8 Å². The van der Waals surface area contributed by atoms with Crippen LogP contribution in [0.3, 0.4) is 0 Å². The summed E-state index contributed by atoms with van der Waals surface area (Å²) in [6.07, 6.45) is 3.21. The first kappa shape index (κ1) is 29.5. The molecule has 43 heavy (non-hydrogen) atoms. The Balaban J connectivity index is 1.12. The smallest absolute Gasteiger partial charge is 0.323 e. The van der Waals surface area contributed by atoms with E-state index < -0.39 is 0 Å². The number of anilines is 3. The van der Waals surface area contributed by atoms with Crippen molar-refractivity contribution in [1.82, 2.24) is 19.9 Å². The van der Waals surface area contributed by atoms with Crippen LogP contribution in [-0.2, 0) is 6.42 Å². The molecule has 2 heterocycles. The lowest BCUT2D eigenvalue weighted by atomic mass is 10.1. The maximum atomic E-state index is 12.2. The van der Waals surface area contributed by atoms with Crippen LogP contribution in [0.4, 0.5) is 22.0 Å². The van der Waals surface area contributed by atoms with Crippen LogP contribution in [0, 0.1) is 0 Å². The minimum Gasteiger partial charge on any atom is -0.494 e. The van der Waals surface area contributed by atoms with Crippen LogP contribution >= 0.6 is 0 Å². The van der Waals surface area contributed by atoms with Crippen molar-refractivity contribution in [2.24, 2.45) is 0 Å². The molecule has 0 fully saturated rings. The summed E-state index contributed by atoms with van der Waals surface area (Å²) in [5.41, 5.74) is 4.41. The highest BCUT2D eigenvalue weighted by Crippen LogP contribution is 2.27. The third-order valence-electron chi connectivity index (χ3n) is 7.03. The molecule has 0 aliphatic heterocycles. The SMILES string of the molecule is CCN(CC)CCCOc1ccc(-c2nc3c(NCCc4ccc(NC(=O)Nc5ccccc5)cc4)ncnc3o2)cc1. The molecule has 0 saturated heterocycles. The zero-order valence-corrected chi connectivity index (χ0v) is 24.5. The molecule has 5 rings (SSSR count). The molecule has 0 saturated carbocycles. The van der Waals surface area contributed by atoms with E-state index in [-0.39, 0.29) is 6.03 Å². The molecule has 0 atom stereocenters. The van der Waals surface area contributed by atoms with Crippen LogP contribution in [0.5, 0.6) is 5.75 Å². The van der Waals surface area contributed by atoms with Crippen molar-refractivity contribution >= 4 is 34.5 Å². The van der Waals surface area contributed by atoms with Crippen LogP contribution in [-0.4, -0.2) is 58.7 Å².